The maximum Gasteiger partial charge on any atom is 0.311 e. The molecule has 0 spiro atoms. The fraction of sp³-hybridized carbons (Fsp3) is 0.200. The molecule has 0 radical (unpaired) electrons. The van der Waals surface area contributed by atoms with E-state index in [1.54, 1.807) is 12.1 Å². The molecule has 0 bridgehead atoms. The molecule has 0 aromatic heterocycles. The van der Waals surface area contributed by atoms with Crippen LogP contribution < -0.4 is 10.1 Å². The second-order valence-electron chi connectivity index (χ2n) is 4.47. The Bertz CT molecular complexity index is 626. The number of benzene rings is 2. The Labute approximate surface area is 122 Å². The zero-order chi connectivity index (χ0) is 15.2. The van der Waals surface area contributed by atoms with Crippen molar-refractivity contribution in [3.05, 3.63) is 63.7 Å². The molecule has 2 aromatic rings. The van der Waals surface area contributed by atoms with Crippen LogP contribution in [0.5, 0.6) is 5.75 Å². The van der Waals surface area contributed by atoms with Gasteiger partial charge in [-0.15, -0.1) is 0 Å². The minimum atomic E-state index is -0.476. The van der Waals surface area contributed by atoms with Gasteiger partial charge in [-0.25, -0.2) is 0 Å². The minimum Gasteiger partial charge on any atom is -0.490 e. The smallest absolute Gasteiger partial charge is 0.311 e. The van der Waals surface area contributed by atoms with E-state index in [-0.39, 0.29) is 18.0 Å². The molecule has 0 aliphatic rings. The van der Waals surface area contributed by atoms with Crippen LogP contribution in [0.4, 0.5) is 11.4 Å². The van der Waals surface area contributed by atoms with Crippen molar-refractivity contribution in [1.82, 2.24) is 0 Å². The molecule has 0 heterocycles. The van der Waals surface area contributed by atoms with Crippen LogP contribution in [0.15, 0.2) is 42.5 Å². The number of nitrogens with zero attached hydrogens (tertiary/aromatic N) is 1. The van der Waals surface area contributed by atoms with E-state index in [0.29, 0.717) is 6.54 Å². The van der Waals surface area contributed by atoms with Crippen LogP contribution in [0.2, 0.25) is 0 Å². The van der Waals surface area contributed by atoms with E-state index in [1.165, 1.54) is 13.2 Å². The van der Waals surface area contributed by atoms with Crippen molar-refractivity contribution in [3.8, 4) is 5.75 Å². The molecule has 0 saturated heterocycles. The number of methoxy groups -OCH3 is 1. The zero-order valence-corrected chi connectivity index (χ0v) is 11.6. The Balaban J connectivity index is 2.07. The zero-order valence-electron chi connectivity index (χ0n) is 11.6. The number of hydrogen-bond acceptors (Lipinski definition) is 5. The number of anilines is 1. The number of nitro groups is 1. The van der Waals surface area contributed by atoms with E-state index in [1.807, 2.05) is 24.3 Å². The Morgan fingerprint density at radius 2 is 1.86 bits per heavy atom. The first-order chi connectivity index (χ1) is 10.1. The van der Waals surface area contributed by atoms with E-state index in [9.17, 15) is 10.1 Å². The summed E-state index contributed by atoms with van der Waals surface area (Å²) in [6.07, 6.45) is 0. The molecule has 0 saturated carbocycles. The van der Waals surface area contributed by atoms with Gasteiger partial charge in [0, 0.05) is 24.4 Å². The number of rotatable bonds is 6. The van der Waals surface area contributed by atoms with Gasteiger partial charge in [0.25, 0.3) is 0 Å². The maximum absolute atomic E-state index is 10.8. The van der Waals surface area contributed by atoms with Crippen LogP contribution in [0.25, 0.3) is 0 Å². The van der Waals surface area contributed by atoms with Gasteiger partial charge < -0.3 is 15.2 Å². The first-order valence-electron chi connectivity index (χ1n) is 6.39. The van der Waals surface area contributed by atoms with E-state index < -0.39 is 4.92 Å². The highest BCUT2D eigenvalue weighted by atomic mass is 16.6. The second kappa shape index (κ2) is 6.71. The summed E-state index contributed by atoms with van der Waals surface area (Å²) < 4.78 is 5.02. The van der Waals surface area contributed by atoms with Crippen LogP contribution in [0.1, 0.15) is 11.1 Å². The van der Waals surface area contributed by atoms with Gasteiger partial charge in [0.15, 0.2) is 5.75 Å². The number of nitro benzene ring substituents is 1. The number of nitrogens with one attached hydrogen (secondary N) is 1. The summed E-state index contributed by atoms with van der Waals surface area (Å²) >= 11 is 0. The van der Waals surface area contributed by atoms with Crippen LogP contribution in [0, 0.1) is 10.1 Å². The lowest BCUT2D eigenvalue weighted by atomic mass is 10.1. The average molecular weight is 288 g/mol. The molecule has 6 heteroatoms. The summed E-state index contributed by atoms with van der Waals surface area (Å²) in [4.78, 5) is 10.3. The molecule has 0 unspecified atom stereocenters. The molecule has 110 valence electrons. The molecule has 0 aliphatic heterocycles. The lowest BCUT2D eigenvalue weighted by Gasteiger charge is -2.09. The lowest BCUT2D eigenvalue weighted by molar-refractivity contribution is -0.385. The number of aliphatic hydroxyl groups excluding tert-OH is 1. The predicted octanol–water partition coefficient (Wildman–Crippen LogP) is 2.71. The lowest BCUT2D eigenvalue weighted by Crippen LogP contribution is -2.01. The Kier molecular flexibility index (Phi) is 4.73. The molecule has 21 heavy (non-hydrogen) atoms. The van der Waals surface area contributed by atoms with Gasteiger partial charge in [-0.2, -0.15) is 0 Å². The monoisotopic (exact) mass is 288 g/mol. The van der Waals surface area contributed by atoms with E-state index in [4.69, 9.17) is 9.84 Å². The molecule has 0 amide bonds. The van der Waals surface area contributed by atoms with Crippen molar-refractivity contribution in [3.63, 3.8) is 0 Å². The number of ether oxygens (including phenoxy) is 1. The van der Waals surface area contributed by atoms with Crippen molar-refractivity contribution in [1.29, 1.82) is 0 Å². The summed E-state index contributed by atoms with van der Waals surface area (Å²) in [5, 5.41) is 23.0. The second-order valence-corrected chi connectivity index (χ2v) is 4.47. The van der Waals surface area contributed by atoms with Crippen molar-refractivity contribution in [2.75, 3.05) is 12.4 Å². The first kappa shape index (κ1) is 14.8. The summed E-state index contributed by atoms with van der Waals surface area (Å²) in [7, 11) is 1.40. The largest absolute Gasteiger partial charge is 0.490 e. The van der Waals surface area contributed by atoms with Crippen LogP contribution >= 0.6 is 0 Å². The van der Waals surface area contributed by atoms with Crippen molar-refractivity contribution in [2.45, 2.75) is 13.2 Å². The van der Waals surface area contributed by atoms with Crippen molar-refractivity contribution in [2.24, 2.45) is 0 Å². The highest BCUT2D eigenvalue weighted by molar-refractivity contribution is 5.58. The molecular formula is C15H16N2O4. The molecular weight excluding hydrogens is 272 g/mol. The van der Waals surface area contributed by atoms with Gasteiger partial charge in [0.2, 0.25) is 0 Å². The van der Waals surface area contributed by atoms with Gasteiger partial charge in [0.1, 0.15) is 0 Å². The first-order valence-corrected chi connectivity index (χ1v) is 6.39. The van der Waals surface area contributed by atoms with Crippen LogP contribution in [0.3, 0.4) is 0 Å². The summed E-state index contributed by atoms with van der Waals surface area (Å²) in [5.74, 6) is 0.223. The minimum absolute atomic E-state index is 0.0211. The molecule has 2 N–H and O–H groups in total. The molecule has 0 fully saturated rings. The van der Waals surface area contributed by atoms with Crippen LogP contribution in [-0.4, -0.2) is 17.1 Å². The SMILES string of the molecule is COc1cc(NCc2ccc(CO)cc2)ccc1[N+](=O)[O-]. The summed E-state index contributed by atoms with van der Waals surface area (Å²) in [5.41, 5.74) is 2.58. The molecule has 2 aromatic carbocycles. The van der Waals surface area contributed by atoms with Gasteiger partial charge in [-0.05, 0) is 17.2 Å². The van der Waals surface area contributed by atoms with Crippen molar-refractivity contribution < 1.29 is 14.8 Å². The van der Waals surface area contributed by atoms with Crippen LogP contribution in [-0.2, 0) is 13.2 Å². The Hall–Kier alpha value is -2.60. The highest BCUT2D eigenvalue weighted by Gasteiger charge is 2.14. The third-order valence-electron chi connectivity index (χ3n) is 3.08. The number of aliphatic hydroxyl groups is 1. The van der Waals surface area contributed by atoms with Gasteiger partial charge in [-0.1, -0.05) is 24.3 Å². The van der Waals surface area contributed by atoms with Crippen molar-refractivity contribution >= 4 is 11.4 Å². The molecule has 0 aliphatic carbocycles. The quantitative estimate of drug-likeness (QED) is 0.630. The molecule has 6 nitrogen and oxygen atoms in total. The Morgan fingerprint density at radius 3 is 2.43 bits per heavy atom. The third kappa shape index (κ3) is 3.70. The van der Waals surface area contributed by atoms with E-state index in [2.05, 4.69) is 5.32 Å². The Morgan fingerprint density at radius 1 is 1.19 bits per heavy atom. The highest BCUT2D eigenvalue weighted by Crippen LogP contribution is 2.29. The summed E-state index contributed by atoms with van der Waals surface area (Å²) in [6.45, 7) is 0.597. The number of hydrogen-bond donors (Lipinski definition) is 2. The van der Waals surface area contributed by atoms with E-state index >= 15 is 0 Å². The molecule has 0 atom stereocenters. The van der Waals surface area contributed by atoms with Gasteiger partial charge in [-0.3, -0.25) is 10.1 Å². The predicted molar refractivity (Wildman–Crippen MR) is 79.3 cm³/mol. The fourth-order valence-corrected chi connectivity index (χ4v) is 1.91. The maximum atomic E-state index is 10.8. The standard InChI is InChI=1S/C15H16N2O4/c1-21-15-8-13(6-7-14(15)17(19)20)16-9-11-2-4-12(10-18)5-3-11/h2-8,16,18H,9-10H2,1H3. The third-order valence-corrected chi connectivity index (χ3v) is 3.08. The summed E-state index contributed by atoms with van der Waals surface area (Å²) in [6, 6.07) is 12.2. The van der Waals surface area contributed by atoms with E-state index in [0.717, 1.165) is 16.8 Å². The topological polar surface area (TPSA) is 84.6 Å². The molecule has 2 rings (SSSR count). The van der Waals surface area contributed by atoms with Gasteiger partial charge in [0.05, 0.1) is 18.6 Å². The van der Waals surface area contributed by atoms with Gasteiger partial charge >= 0.3 is 5.69 Å². The fourth-order valence-electron chi connectivity index (χ4n) is 1.91. The normalized spacial score (nSPS) is 10.2. The average Bonchev–Trinajstić information content (AvgIpc) is 2.52.